The summed E-state index contributed by atoms with van der Waals surface area (Å²) in [6.07, 6.45) is 0. The number of hydrogen-bond donors (Lipinski definition) is 3. The normalized spacial score (nSPS) is 11.0. The van der Waals surface area contributed by atoms with Crippen molar-refractivity contribution in [3.05, 3.63) is 54.1 Å². The number of carbonyl (C=O) groups excluding carboxylic acids is 2. The van der Waals surface area contributed by atoms with Gasteiger partial charge in [0.2, 0.25) is 21.8 Å². The van der Waals surface area contributed by atoms with Gasteiger partial charge < -0.3 is 10.6 Å². The summed E-state index contributed by atoms with van der Waals surface area (Å²) >= 11 is 1.38. The standard InChI is InChI=1S/C17H19N3O4S2/c1-12(21)20-14-4-6-15(7-5-14)25-11-17(22)19-10-13-2-8-16(9-3-13)26(18,23)24/h2-9H,10-11H2,1H3,(H,19,22)(H,20,21)(H2,18,23,24). The Labute approximate surface area is 156 Å². The topological polar surface area (TPSA) is 118 Å². The van der Waals surface area contributed by atoms with Crippen LogP contribution in [-0.2, 0) is 26.2 Å². The molecule has 0 aliphatic rings. The Hall–Kier alpha value is -2.36. The maximum Gasteiger partial charge on any atom is 0.238 e. The van der Waals surface area contributed by atoms with Crippen molar-refractivity contribution in [1.82, 2.24) is 5.32 Å². The molecule has 7 nitrogen and oxygen atoms in total. The van der Waals surface area contributed by atoms with Crippen LogP contribution in [0.5, 0.6) is 0 Å². The minimum atomic E-state index is -3.71. The lowest BCUT2D eigenvalue weighted by atomic mass is 10.2. The minimum absolute atomic E-state index is 0.0332. The van der Waals surface area contributed by atoms with Crippen LogP contribution in [0, 0.1) is 0 Å². The van der Waals surface area contributed by atoms with Crippen molar-refractivity contribution >= 4 is 39.3 Å². The summed E-state index contributed by atoms with van der Waals surface area (Å²) in [5.41, 5.74) is 1.48. The van der Waals surface area contributed by atoms with Crippen LogP contribution in [0.25, 0.3) is 0 Å². The molecule has 0 saturated heterocycles. The Morgan fingerprint density at radius 1 is 1.04 bits per heavy atom. The molecule has 0 bridgehead atoms. The molecule has 4 N–H and O–H groups in total. The largest absolute Gasteiger partial charge is 0.351 e. The number of nitrogens with one attached hydrogen (secondary N) is 2. The number of hydrogen-bond acceptors (Lipinski definition) is 5. The van der Waals surface area contributed by atoms with Gasteiger partial charge in [-0.05, 0) is 42.0 Å². The first-order valence-electron chi connectivity index (χ1n) is 7.63. The molecule has 0 heterocycles. The van der Waals surface area contributed by atoms with Crippen LogP contribution in [0.2, 0.25) is 0 Å². The van der Waals surface area contributed by atoms with Gasteiger partial charge in [-0.1, -0.05) is 12.1 Å². The maximum absolute atomic E-state index is 11.9. The summed E-state index contributed by atoms with van der Waals surface area (Å²) in [5, 5.41) is 10.5. The van der Waals surface area contributed by atoms with Gasteiger partial charge in [-0.3, -0.25) is 9.59 Å². The van der Waals surface area contributed by atoms with Gasteiger partial charge in [-0.25, -0.2) is 13.6 Å². The molecule has 0 radical (unpaired) electrons. The summed E-state index contributed by atoms with van der Waals surface area (Å²) in [6.45, 7) is 1.74. The van der Waals surface area contributed by atoms with Gasteiger partial charge in [0.1, 0.15) is 0 Å². The molecule has 0 atom stereocenters. The van der Waals surface area contributed by atoms with E-state index in [1.807, 2.05) is 12.1 Å². The molecule has 0 aliphatic carbocycles. The van der Waals surface area contributed by atoms with Gasteiger partial charge in [-0.2, -0.15) is 0 Å². The van der Waals surface area contributed by atoms with Gasteiger partial charge in [0.05, 0.1) is 10.6 Å². The van der Waals surface area contributed by atoms with E-state index in [2.05, 4.69) is 10.6 Å². The van der Waals surface area contributed by atoms with E-state index >= 15 is 0 Å². The second-order valence-corrected chi connectivity index (χ2v) is 8.07. The first-order valence-corrected chi connectivity index (χ1v) is 10.2. The predicted octanol–water partition coefficient (Wildman–Crippen LogP) is 1.70. The Bertz CT molecular complexity index is 879. The van der Waals surface area contributed by atoms with Crippen LogP contribution in [0.1, 0.15) is 12.5 Å². The molecule has 2 rings (SSSR count). The second kappa shape index (κ2) is 8.84. The fourth-order valence-corrected chi connectivity index (χ4v) is 3.28. The molecular weight excluding hydrogens is 374 g/mol. The molecule has 0 saturated carbocycles. The van der Waals surface area contributed by atoms with E-state index in [-0.39, 0.29) is 22.5 Å². The lowest BCUT2D eigenvalue weighted by Gasteiger charge is -2.07. The zero-order valence-electron chi connectivity index (χ0n) is 14.1. The number of primary sulfonamides is 1. The van der Waals surface area contributed by atoms with Gasteiger partial charge in [0.25, 0.3) is 0 Å². The SMILES string of the molecule is CC(=O)Nc1ccc(SCC(=O)NCc2ccc(S(N)(=O)=O)cc2)cc1. The van der Waals surface area contributed by atoms with Crippen molar-refractivity contribution in [2.75, 3.05) is 11.1 Å². The summed E-state index contributed by atoms with van der Waals surface area (Å²) in [7, 11) is -3.71. The Kier molecular flexibility index (Phi) is 6.78. The lowest BCUT2D eigenvalue weighted by Crippen LogP contribution is -2.24. The summed E-state index contributed by atoms with van der Waals surface area (Å²) in [5.74, 6) is -0.0345. The first kappa shape index (κ1) is 20.0. The van der Waals surface area contributed by atoms with E-state index in [0.29, 0.717) is 12.2 Å². The zero-order valence-corrected chi connectivity index (χ0v) is 15.7. The number of sulfonamides is 1. The second-order valence-electron chi connectivity index (χ2n) is 5.46. The third-order valence-corrected chi connectivity index (χ3v) is 5.23. The third kappa shape index (κ3) is 6.51. The average Bonchev–Trinajstić information content (AvgIpc) is 2.58. The number of nitrogens with two attached hydrogens (primary N) is 1. The number of benzene rings is 2. The molecule has 0 aromatic heterocycles. The van der Waals surface area contributed by atoms with Crippen LogP contribution in [0.3, 0.4) is 0 Å². The van der Waals surface area contributed by atoms with Gasteiger partial charge in [0.15, 0.2) is 0 Å². The van der Waals surface area contributed by atoms with E-state index in [1.54, 1.807) is 24.3 Å². The molecular formula is C17H19N3O4S2. The van der Waals surface area contributed by atoms with Crippen LogP contribution in [-0.4, -0.2) is 26.0 Å². The van der Waals surface area contributed by atoms with Crippen molar-refractivity contribution in [2.24, 2.45) is 5.14 Å². The average molecular weight is 393 g/mol. The Morgan fingerprint density at radius 3 is 2.19 bits per heavy atom. The monoisotopic (exact) mass is 393 g/mol. The van der Waals surface area contributed by atoms with Crippen LogP contribution in [0.15, 0.2) is 58.3 Å². The number of thioether (sulfide) groups is 1. The number of rotatable bonds is 7. The highest BCUT2D eigenvalue weighted by molar-refractivity contribution is 8.00. The summed E-state index contributed by atoms with van der Waals surface area (Å²) in [4.78, 5) is 23.8. The molecule has 0 aliphatic heterocycles. The van der Waals surface area contributed by atoms with Gasteiger partial charge in [0, 0.05) is 24.1 Å². The molecule has 2 aromatic carbocycles. The minimum Gasteiger partial charge on any atom is -0.351 e. The highest BCUT2D eigenvalue weighted by Gasteiger charge is 2.07. The van der Waals surface area contributed by atoms with Gasteiger partial charge in [-0.15, -0.1) is 11.8 Å². The maximum atomic E-state index is 11.9. The highest BCUT2D eigenvalue weighted by atomic mass is 32.2. The van der Waals surface area contributed by atoms with E-state index in [9.17, 15) is 18.0 Å². The van der Waals surface area contributed by atoms with Crippen LogP contribution in [0.4, 0.5) is 5.69 Å². The predicted molar refractivity (Wildman–Crippen MR) is 101 cm³/mol. The molecule has 0 fully saturated rings. The van der Waals surface area contributed by atoms with E-state index in [1.165, 1.54) is 30.8 Å². The fraction of sp³-hybridized carbons (Fsp3) is 0.176. The summed E-state index contributed by atoms with van der Waals surface area (Å²) < 4.78 is 22.4. The van der Waals surface area contributed by atoms with E-state index < -0.39 is 10.0 Å². The van der Waals surface area contributed by atoms with Crippen molar-refractivity contribution in [3.63, 3.8) is 0 Å². The molecule has 0 spiro atoms. The third-order valence-electron chi connectivity index (χ3n) is 3.29. The zero-order chi connectivity index (χ0) is 19.2. The number of amides is 2. The first-order chi connectivity index (χ1) is 12.2. The summed E-state index contributed by atoms with van der Waals surface area (Å²) in [6, 6.07) is 13.2. The lowest BCUT2D eigenvalue weighted by molar-refractivity contribution is -0.118. The van der Waals surface area contributed by atoms with Crippen molar-refractivity contribution in [2.45, 2.75) is 23.3 Å². The molecule has 26 heavy (non-hydrogen) atoms. The fourth-order valence-electron chi connectivity index (χ4n) is 2.04. The molecule has 0 unspecified atom stereocenters. The van der Waals surface area contributed by atoms with E-state index in [0.717, 1.165) is 10.5 Å². The van der Waals surface area contributed by atoms with Gasteiger partial charge >= 0.3 is 0 Å². The van der Waals surface area contributed by atoms with Crippen LogP contribution < -0.4 is 15.8 Å². The molecule has 2 amide bonds. The van der Waals surface area contributed by atoms with Crippen molar-refractivity contribution in [1.29, 1.82) is 0 Å². The number of anilines is 1. The van der Waals surface area contributed by atoms with Crippen molar-refractivity contribution < 1.29 is 18.0 Å². The van der Waals surface area contributed by atoms with Crippen LogP contribution >= 0.6 is 11.8 Å². The highest BCUT2D eigenvalue weighted by Crippen LogP contribution is 2.20. The Morgan fingerprint density at radius 2 is 1.65 bits per heavy atom. The quantitative estimate of drug-likeness (QED) is 0.619. The number of carbonyl (C=O) groups is 2. The molecule has 9 heteroatoms. The smallest absolute Gasteiger partial charge is 0.238 e. The van der Waals surface area contributed by atoms with E-state index in [4.69, 9.17) is 5.14 Å². The van der Waals surface area contributed by atoms with Crippen molar-refractivity contribution in [3.8, 4) is 0 Å². The Balaban J connectivity index is 1.79. The molecule has 2 aromatic rings. The molecule has 138 valence electrons.